The zero-order valence-corrected chi connectivity index (χ0v) is 26.6. The summed E-state index contributed by atoms with van der Waals surface area (Å²) < 4.78 is 7.12. The van der Waals surface area contributed by atoms with Crippen molar-refractivity contribution in [2.45, 2.75) is 154 Å². The van der Waals surface area contributed by atoms with Crippen LogP contribution in [0.25, 0.3) is 0 Å². The van der Waals surface area contributed by atoms with Crippen LogP contribution in [-0.2, 0) is 4.74 Å². The van der Waals surface area contributed by atoms with E-state index in [4.69, 9.17) is 10.5 Å². The third kappa shape index (κ3) is 4.67. The molecule has 7 rings (SSSR count). The van der Waals surface area contributed by atoms with Gasteiger partial charge in [-0.25, -0.2) is 0 Å². The van der Waals surface area contributed by atoms with Crippen LogP contribution in [0.1, 0.15) is 130 Å². The predicted molar refractivity (Wildman–Crippen MR) is 165 cm³/mol. The Morgan fingerprint density at radius 2 is 1.68 bits per heavy atom. The van der Waals surface area contributed by atoms with E-state index in [2.05, 4.69) is 38.3 Å². The lowest BCUT2D eigenvalue weighted by atomic mass is 9.44. The number of nitrogens with two attached hydrogens (primary N) is 1. The molecule has 40 heavy (non-hydrogen) atoms. The van der Waals surface area contributed by atoms with Gasteiger partial charge in [-0.2, -0.15) is 0 Å². The summed E-state index contributed by atoms with van der Waals surface area (Å²) in [4.78, 5) is 0. The Labute approximate surface area is 246 Å². The fraction of sp³-hybridized carbons (Fsp3) is 1.00. The number of nitrogens with one attached hydrogen (secondary N) is 2. The average molecular weight is 554 g/mol. The summed E-state index contributed by atoms with van der Waals surface area (Å²) in [5.41, 5.74) is 7.66. The maximum Gasteiger partial charge on any atom is 0.122 e. The van der Waals surface area contributed by atoms with Crippen LogP contribution in [-0.4, -0.2) is 37.0 Å². The largest absolute Gasteiger partial charge is 0.357 e. The normalized spacial score (nSPS) is 53.5. The van der Waals surface area contributed by atoms with Crippen LogP contribution < -0.4 is 16.4 Å². The topological polar surface area (TPSA) is 59.3 Å². The van der Waals surface area contributed by atoms with Gasteiger partial charge in [-0.1, -0.05) is 59.8 Å². The molecule has 4 heteroatoms. The van der Waals surface area contributed by atoms with E-state index in [-0.39, 0.29) is 5.72 Å². The molecule has 7 aliphatic rings. The van der Waals surface area contributed by atoms with Gasteiger partial charge in [0.05, 0.1) is 6.10 Å². The summed E-state index contributed by atoms with van der Waals surface area (Å²) in [5.74, 6) is 6.75. The van der Waals surface area contributed by atoms with Crippen LogP contribution in [0.2, 0.25) is 0 Å². The number of piperidine rings is 1. The van der Waals surface area contributed by atoms with Crippen molar-refractivity contribution < 1.29 is 4.74 Å². The molecule has 4 nitrogen and oxygen atoms in total. The van der Waals surface area contributed by atoms with Gasteiger partial charge >= 0.3 is 0 Å². The minimum absolute atomic E-state index is 0.0271. The molecule has 2 saturated heterocycles. The fourth-order valence-corrected chi connectivity index (χ4v) is 12.9. The lowest BCUT2D eigenvalue weighted by Gasteiger charge is -2.61. The van der Waals surface area contributed by atoms with Gasteiger partial charge in [-0.3, -0.25) is 5.32 Å². The van der Waals surface area contributed by atoms with Gasteiger partial charge < -0.3 is 15.8 Å². The molecule has 5 saturated carbocycles. The maximum atomic E-state index is 7.12. The van der Waals surface area contributed by atoms with E-state index in [1.54, 1.807) is 0 Å². The van der Waals surface area contributed by atoms with Crippen molar-refractivity contribution >= 4 is 0 Å². The molecule has 0 radical (unpaired) electrons. The molecule has 0 aromatic heterocycles. The molecule has 0 aromatic carbocycles. The maximum absolute atomic E-state index is 7.12. The molecular weight excluding hydrogens is 490 g/mol. The molecule has 0 amide bonds. The van der Waals surface area contributed by atoms with E-state index in [1.807, 2.05) is 0 Å². The van der Waals surface area contributed by atoms with Gasteiger partial charge in [0.25, 0.3) is 0 Å². The van der Waals surface area contributed by atoms with Crippen molar-refractivity contribution in [3.63, 3.8) is 0 Å². The summed E-state index contributed by atoms with van der Waals surface area (Å²) in [5, 5.41) is 7.93. The highest BCUT2D eigenvalue weighted by molar-refractivity contribution is 5.16. The fourth-order valence-electron chi connectivity index (χ4n) is 12.9. The second-order valence-corrected chi connectivity index (χ2v) is 17.2. The standard InChI is InChI=1S/C36H63N3O/c1-23-12-17-36(39-21-23)24(2)33-32(40-36)20-31-29-11-10-26-19-28(38-22-27(37)18-25-8-6-5-7-9-25)13-15-34(26,3)30(29)14-16-35(31,33)4/h23-33,38-39H,5-22,37H2,1-4H3/t23-,24-,26-,27-,28?,29+,30-,31-,32-,33-,34-,35-,36-/m0/s1. The van der Waals surface area contributed by atoms with Crippen LogP contribution in [0.4, 0.5) is 0 Å². The van der Waals surface area contributed by atoms with Crippen LogP contribution in [0.5, 0.6) is 0 Å². The van der Waals surface area contributed by atoms with Crippen LogP contribution in [0.3, 0.4) is 0 Å². The Morgan fingerprint density at radius 3 is 2.45 bits per heavy atom. The first-order valence-corrected chi connectivity index (χ1v) is 18.1. The van der Waals surface area contributed by atoms with Crippen LogP contribution in [0, 0.1) is 58.2 Å². The van der Waals surface area contributed by atoms with Gasteiger partial charge in [0.2, 0.25) is 0 Å². The highest BCUT2D eigenvalue weighted by Gasteiger charge is 2.68. The number of fused-ring (bicyclic) bond motifs is 7. The van der Waals surface area contributed by atoms with Crippen molar-refractivity contribution in [3.05, 3.63) is 0 Å². The Balaban J connectivity index is 0.972. The Hall–Kier alpha value is -0.160. The van der Waals surface area contributed by atoms with Crippen LogP contribution >= 0.6 is 0 Å². The molecule has 2 heterocycles. The SMILES string of the molecule is C[C@H]1CC[C@]2(NC1)O[C@H]1C[C@H]3[C@@H]4CC[C@H]5CC(NC[C@@H](N)CC6CCCCC6)CC[C@]5(C)[C@H]4CC[C@]3(C)[C@H]1[C@@H]2C. The van der Waals surface area contributed by atoms with E-state index in [0.717, 1.165) is 54.5 Å². The highest BCUT2D eigenvalue weighted by atomic mass is 16.5. The lowest BCUT2D eigenvalue weighted by Crippen LogP contribution is -2.58. The van der Waals surface area contributed by atoms with E-state index in [9.17, 15) is 0 Å². The second-order valence-electron chi connectivity index (χ2n) is 17.2. The minimum Gasteiger partial charge on any atom is -0.357 e. The van der Waals surface area contributed by atoms with Gasteiger partial charge in [-0.05, 0) is 123 Å². The average Bonchev–Trinajstić information content (AvgIpc) is 3.39. The molecule has 7 fully saturated rings. The van der Waals surface area contributed by atoms with Crippen molar-refractivity contribution in [1.82, 2.24) is 10.6 Å². The molecule has 1 unspecified atom stereocenters. The van der Waals surface area contributed by atoms with E-state index in [1.165, 1.54) is 103 Å². The van der Waals surface area contributed by atoms with Gasteiger partial charge in [-0.15, -0.1) is 0 Å². The third-order valence-electron chi connectivity index (χ3n) is 15.2. The predicted octanol–water partition coefficient (Wildman–Crippen LogP) is 7.26. The minimum atomic E-state index is -0.0271. The summed E-state index contributed by atoms with van der Waals surface area (Å²) >= 11 is 0. The molecule has 2 aliphatic heterocycles. The highest BCUT2D eigenvalue weighted by Crippen LogP contribution is 2.71. The first-order chi connectivity index (χ1) is 19.2. The van der Waals surface area contributed by atoms with Gasteiger partial charge in [0.15, 0.2) is 0 Å². The zero-order valence-electron chi connectivity index (χ0n) is 26.6. The van der Waals surface area contributed by atoms with Crippen LogP contribution in [0.15, 0.2) is 0 Å². The Kier molecular flexibility index (Phi) is 7.71. The number of hydrogen-bond donors (Lipinski definition) is 3. The Bertz CT molecular complexity index is 894. The molecule has 4 N–H and O–H groups in total. The van der Waals surface area contributed by atoms with Crippen molar-refractivity contribution in [3.8, 4) is 0 Å². The molecule has 228 valence electrons. The monoisotopic (exact) mass is 553 g/mol. The molecule has 0 bridgehead atoms. The van der Waals surface area contributed by atoms with E-state index >= 15 is 0 Å². The molecule has 1 spiro atoms. The summed E-state index contributed by atoms with van der Waals surface area (Å²) in [6.07, 6.45) is 22.8. The molecular formula is C36H63N3O. The first-order valence-electron chi connectivity index (χ1n) is 18.1. The Morgan fingerprint density at radius 1 is 0.875 bits per heavy atom. The molecule has 13 atom stereocenters. The van der Waals surface area contributed by atoms with E-state index < -0.39 is 0 Å². The number of hydrogen-bond acceptors (Lipinski definition) is 4. The lowest BCUT2D eigenvalue weighted by molar-refractivity contribution is -0.134. The third-order valence-corrected chi connectivity index (χ3v) is 15.2. The summed E-state index contributed by atoms with van der Waals surface area (Å²) in [7, 11) is 0. The number of ether oxygens (including phenoxy) is 1. The number of rotatable bonds is 5. The second kappa shape index (κ2) is 10.8. The van der Waals surface area contributed by atoms with E-state index in [0.29, 0.717) is 34.9 Å². The summed E-state index contributed by atoms with van der Waals surface area (Å²) in [6.45, 7) is 12.6. The van der Waals surface area contributed by atoms with Crippen molar-refractivity contribution in [1.29, 1.82) is 0 Å². The quantitative estimate of drug-likeness (QED) is 0.335. The van der Waals surface area contributed by atoms with Crippen molar-refractivity contribution in [2.75, 3.05) is 13.1 Å². The molecule has 0 aromatic rings. The van der Waals surface area contributed by atoms with Gasteiger partial charge in [0.1, 0.15) is 5.72 Å². The summed E-state index contributed by atoms with van der Waals surface area (Å²) in [6, 6.07) is 1.05. The first kappa shape index (κ1) is 28.6. The zero-order chi connectivity index (χ0) is 27.7. The molecule has 5 aliphatic carbocycles. The van der Waals surface area contributed by atoms with Gasteiger partial charge in [0, 0.05) is 31.1 Å². The van der Waals surface area contributed by atoms with Crippen molar-refractivity contribution in [2.24, 2.45) is 63.9 Å². The smallest absolute Gasteiger partial charge is 0.122 e.